The van der Waals surface area contributed by atoms with E-state index in [2.05, 4.69) is 42.7 Å². The van der Waals surface area contributed by atoms with Gasteiger partial charge in [-0.15, -0.1) is 0 Å². The third-order valence-corrected chi connectivity index (χ3v) is 5.06. The van der Waals surface area contributed by atoms with E-state index < -0.39 is 0 Å². The van der Waals surface area contributed by atoms with Crippen LogP contribution in [0.5, 0.6) is 0 Å². The molecule has 0 radical (unpaired) electrons. The van der Waals surface area contributed by atoms with Gasteiger partial charge in [0.15, 0.2) is 0 Å². The van der Waals surface area contributed by atoms with Crippen molar-refractivity contribution in [2.45, 2.75) is 76.2 Å². The number of benzene rings is 1. The molecule has 0 aromatic heterocycles. The molecule has 1 atom stereocenters. The summed E-state index contributed by atoms with van der Waals surface area (Å²) in [5.74, 6) is 5.94. The molecule has 1 aromatic rings. The average Bonchev–Trinajstić information content (AvgIpc) is 2.99. The van der Waals surface area contributed by atoms with Crippen LogP contribution in [0, 0.1) is 0 Å². The van der Waals surface area contributed by atoms with Crippen molar-refractivity contribution >= 4 is 0 Å². The van der Waals surface area contributed by atoms with E-state index in [1.807, 2.05) is 0 Å². The summed E-state index contributed by atoms with van der Waals surface area (Å²) >= 11 is 0. The maximum absolute atomic E-state index is 5.94. The van der Waals surface area contributed by atoms with Crippen molar-refractivity contribution in [3.63, 3.8) is 0 Å². The maximum Gasteiger partial charge on any atom is 0.0307 e. The van der Waals surface area contributed by atoms with Crippen molar-refractivity contribution in [3.05, 3.63) is 35.9 Å². The molecule has 2 heteroatoms. The zero-order chi connectivity index (χ0) is 14.3. The molecule has 0 saturated heterocycles. The lowest BCUT2D eigenvalue weighted by Crippen LogP contribution is -2.50. The Kier molecular flexibility index (Phi) is 6.06. The fourth-order valence-corrected chi connectivity index (χ4v) is 3.91. The van der Waals surface area contributed by atoms with Crippen LogP contribution in [0.4, 0.5) is 0 Å². The Morgan fingerprint density at radius 3 is 2.40 bits per heavy atom. The molecule has 2 rings (SSSR count). The number of unbranched alkanes of at least 4 members (excludes halogenated alkanes) is 3. The largest absolute Gasteiger partial charge is 0.271 e. The topological polar surface area (TPSA) is 38.0 Å². The summed E-state index contributed by atoms with van der Waals surface area (Å²) in [6.07, 6.45) is 11.7. The van der Waals surface area contributed by atoms with Gasteiger partial charge in [-0.05, 0) is 24.8 Å². The first-order valence-corrected chi connectivity index (χ1v) is 8.35. The van der Waals surface area contributed by atoms with E-state index >= 15 is 0 Å². The van der Waals surface area contributed by atoms with Gasteiger partial charge in [0, 0.05) is 11.5 Å². The molecular weight excluding hydrogens is 244 g/mol. The van der Waals surface area contributed by atoms with Crippen LogP contribution >= 0.6 is 0 Å². The highest BCUT2D eigenvalue weighted by Crippen LogP contribution is 2.44. The third-order valence-electron chi connectivity index (χ3n) is 5.06. The lowest BCUT2D eigenvalue weighted by molar-refractivity contribution is 0.277. The lowest BCUT2D eigenvalue weighted by Gasteiger charge is -2.38. The summed E-state index contributed by atoms with van der Waals surface area (Å²) in [5, 5.41) is 0. The Morgan fingerprint density at radius 1 is 1.10 bits per heavy atom. The predicted molar refractivity (Wildman–Crippen MR) is 86.5 cm³/mol. The third kappa shape index (κ3) is 3.42. The van der Waals surface area contributed by atoms with E-state index in [1.165, 1.54) is 63.4 Å². The molecule has 0 bridgehead atoms. The van der Waals surface area contributed by atoms with Crippen LogP contribution in [-0.2, 0) is 5.41 Å². The van der Waals surface area contributed by atoms with Gasteiger partial charge in [-0.3, -0.25) is 11.3 Å². The molecule has 0 amide bonds. The van der Waals surface area contributed by atoms with Crippen LogP contribution in [0.3, 0.4) is 0 Å². The highest BCUT2D eigenvalue weighted by atomic mass is 15.2. The SMILES string of the molecule is CCCCCCC(NN)C1(c2ccccc2)CCCC1. The average molecular weight is 274 g/mol. The summed E-state index contributed by atoms with van der Waals surface area (Å²) in [7, 11) is 0. The normalized spacial score (nSPS) is 19.1. The van der Waals surface area contributed by atoms with Crippen LogP contribution < -0.4 is 11.3 Å². The van der Waals surface area contributed by atoms with Crippen LogP contribution in [0.25, 0.3) is 0 Å². The number of hydrogen-bond acceptors (Lipinski definition) is 2. The van der Waals surface area contributed by atoms with Crippen LogP contribution in [0.15, 0.2) is 30.3 Å². The van der Waals surface area contributed by atoms with Gasteiger partial charge in [-0.1, -0.05) is 75.8 Å². The van der Waals surface area contributed by atoms with Gasteiger partial charge < -0.3 is 0 Å². The zero-order valence-electron chi connectivity index (χ0n) is 12.9. The van der Waals surface area contributed by atoms with E-state index in [0.29, 0.717) is 6.04 Å². The molecule has 0 aliphatic heterocycles. The molecule has 0 spiro atoms. The summed E-state index contributed by atoms with van der Waals surface area (Å²) < 4.78 is 0. The van der Waals surface area contributed by atoms with Crippen molar-refractivity contribution in [2.24, 2.45) is 5.84 Å². The first-order chi connectivity index (χ1) is 9.83. The van der Waals surface area contributed by atoms with E-state index in [4.69, 9.17) is 5.84 Å². The Bertz CT molecular complexity index is 368. The first-order valence-electron chi connectivity index (χ1n) is 8.35. The summed E-state index contributed by atoms with van der Waals surface area (Å²) in [6, 6.07) is 11.5. The van der Waals surface area contributed by atoms with Gasteiger partial charge in [0.25, 0.3) is 0 Å². The molecule has 2 nitrogen and oxygen atoms in total. The molecule has 20 heavy (non-hydrogen) atoms. The van der Waals surface area contributed by atoms with Gasteiger partial charge in [-0.25, -0.2) is 0 Å². The molecule has 1 aliphatic rings. The molecular formula is C18H30N2. The van der Waals surface area contributed by atoms with E-state index in [0.717, 1.165) is 0 Å². The van der Waals surface area contributed by atoms with Crippen molar-refractivity contribution < 1.29 is 0 Å². The minimum absolute atomic E-state index is 0.266. The number of nitrogens with two attached hydrogens (primary N) is 1. The highest BCUT2D eigenvalue weighted by molar-refractivity contribution is 5.29. The quantitative estimate of drug-likeness (QED) is 0.421. The molecule has 0 heterocycles. The van der Waals surface area contributed by atoms with Crippen molar-refractivity contribution in [1.82, 2.24) is 5.43 Å². The minimum Gasteiger partial charge on any atom is -0.271 e. The van der Waals surface area contributed by atoms with Crippen LogP contribution in [0.1, 0.15) is 70.3 Å². The number of nitrogens with one attached hydrogen (secondary N) is 1. The monoisotopic (exact) mass is 274 g/mol. The smallest absolute Gasteiger partial charge is 0.0307 e. The predicted octanol–water partition coefficient (Wildman–Crippen LogP) is 4.30. The second-order valence-corrected chi connectivity index (χ2v) is 6.30. The number of hydrogen-bond donors (Lipinski definition) is 2. The first kappa shape index (κ1) is 15.5. The van der Waals surface area contributed by atoms with E-state index in [1.54, 1.807) is 0 Å². The van der Waals surface area contributed by atoms with Crippen molar-refractivity contribution in [3.8, 4) is 0 Å². The van der Waals surface area contributed by atoms with Crippen LogP contribution in [0.2, 0.25) is 0 Å². The maximum atomic E-state index is 5.94. The lowest BCUT2D eigenvalue weighted by atomic mass is 9.71. The highest BCUT2D eigenvalue weighted by Gasteiger charge is 2.41. The fourth-order valence-electron chi connectivity index (χ4n) is 3.91. The number of hydrazine groups is 1. The van der Waals surface area contributed by atoms with Gasteiger partial charge >= 0.3 is 0 Å². The molecule has 1 aliphatic carbocycles. The number of rotatable bonds is 8. The van der Waals surface area contributed by atoms with Crippen molar-refractivity contribution in [2.75, 3.05) is 0 Å². The molecule has 112 valence electrons. The second-order valence-electron chi connectivity index (χ2n) is 6.30. The molecule has 1 unspecified atom stereocenters. The molecule has 3 N–H and O–H groups in total. The van der Waals surface area contributed by atoms with Gasteiger partial charge in [0.05, 0.1) is 0 Å². The second kappa shape index (κ2) is 7.80. The Morgan fingerprint density at radius 2 is 1.80 bits per heavy atom. The van der Waals surface area contributed by atoms with Gasteiger partial charge in [-0.2, -0.15) is 0 Å². The zero-order valence-corrected chi connectivity index (χ0v) is 12.9. The van der Waals surface area contributed by atoms with Gasteiger partial charge in [0.2, 0.25) is 0 Å². The Labute approximate surface area is 124 Å². The fraction of sp³-hybridized carbons (Fsp3) is 0.667. The van der Waals surface area contributed by atoms with E-state index in [-0.39, 0.29) is 5.41 Å². The molecule has 1 aromatic carbocycles. The summed E-state index contributed by atoms with van der Waals surface area (Å²) in [4.78, 5) is 0. The standard InChI is InChI=1S/C18H30N2/c1-2-3-4-8-13-17(20-19)18(14-9-10-15-18)16-11-6-5-7-12-16/h5-7,11-12,17,20H,2-4,8-10,13-15,19H2,1H3. The summed E-state index contributed by atoms with van der Waals surface area (Å²) in [5.41, 5.74) is 4.91. The Balaban J connectivity index is 2.09. The minimum atomic E-state index is 0.266. The summed E-state index contributed by atoms with van der Waals surface area (Å²) in [6.45, 7) is 2.26. The molecule has 1 saturated carbocycles. The van der Waals surface area contributed by atoms with Gasteiger partial charge in [0.1, 0.15) is 0 Å². The van der Waals surface area contributed by atoms with E-state index in [9.17, 15) is 0 Å². The molecule has 1 fully saturated rings. The van der Waals surface area contributed by atoms with Crippen LogP contribution in [-0.4, -0.2) is 6.04 Å². The Hall–Kier alpha value is -0.860. The van der Waals surface area contributed by atoms with Crippen molar-refractivity contribution in [1.29, 1.82) is 0 Å².